The third kappa shape index (κ3) is 2.91. The topological polar surface area (TPSA) is 35.9 Å². The molecule has 2 aliphatic rings. The predicted molar refractivity (Wildman–Crippen MR) is 58.9 cm³/mol. The number of aliphatic hydroxyl groups is 1. The van der Waals surface area contributed by atoms with Gasteiger partial charge in [0.2, 0.25) is 0 Å². The lowest BCUT2D eigenvalue weighted by molar-refractivity contribution is -0.0793. The molecule has 0 amide bonds. The van der Waals surface area contributed by atoms with Crippen molar-refractivity contribution in [1.29, 1.82) is 0 Å². The Balaban J connectivity index is 1.73. The minimum Gasteiger partial charge on any atom is -0.390 e. The van der Waals surface area contributed by atoms with Gasteiger partial charge in [0.05, 0.1) is 18.8 Å². The van der Waals surface area contributed by atoms with Crippen molar-refractivity contribution in [2.75, 3.05) is 39.3 Å². The number of morpholine rings is 1. The first-order valence-corrected chi connectivity index (χ1v) is 5.91. The molecule has 0 aromatic carbocycles. The van der Waals surface area contributed by atoms with Gasteiger partial charge in [0.1, 0.15) is 0 Å². The molecule has 4 heteroatoms. The van der Waals surface area contributed by atoms with Crippen LogP contribution in [0, 0.1) is 0 Å². The van der Waals surface area contributed by atoms with Crippen LogP contribution in [0.3, 0.4) is 0 Å². The van der Waals surface area contributed by atoms with Gasteiger partial charge >= 0.3 is 0 Å². The van der Waals surface area contributed by atoms with Crippen LogP contribution in [0.25, 0.3) is 0 Å². The number of nitrogens with zero attached hydrogens (tertiary/aromatic N) is 2. The van der Waals surface area contributed by atoms with Gasteiger partial charge in [-0.2, -0.15) is 0 Å². The van der Waals surface area contributed by atoms with E-state index in [0.29, 0.717) is 12.1 Å². The number of aliphatic hydroxyl groups excluding tert-OH is 1. The molecule has 2 aliphatic heterocycles. The quantitative estimate of drug-likeness (QED) is 0.704. The molecular formula is C11H22N2O2. The highest BCUT2D eigenvalue weighted by Gasteiger charge is 2.29. The molecule has 2 fully saturated rings. The van der Waals surface area contributed by atoms with Crippen LogP contribution in [-0.4, -0.2) is 72.5 Å². The highest BCUT2D eigenvalue weighted by atomic mass is 16.5. The summed E-state index contributed by atoms with van der Waals surface area (Å²) in [5, 5.41) is 9.20. The second-order valence-corrected chi connectivity index (χ2v) is 4.95. The summed E-state index contributed by atoms with van der Waals surface area (Å²) in [4.78, 5) is 4.73. The summed E-state index contributed by atoms with van der Waals surface area (Å²) in [6, 6.07) is 0.610. The van der Waals surface area contributed by atoms with Crippen LogP contribution in [-0.2, 0) is 4.74 Å². The lowest BCUT2D eigenvalue weighted by atomic mass is 10.1. The maximum absolute atomic E-state index is 9.20. The van der Waals surface area contributed by atoms with Crippen molar-refractivity contribution >= 4 is 0 Å². The molecule has 0 radical (unpaired) electrons. The lowest BCUT2D eigenvalue weighted by Crippen LogP contribution is -2.56. The van der Waals surface area contributed by atoms with Gasteiger partial charge < -0.3 is 9.84 Å². The molecular weight excluding hydrogens is 192 g/mol. The molecule has 2 saturated heterocycles. The molecule has 1 unspecified atom stereocenters. The number of likely N-dealkylation sites (tertiary alicyclic amines) is 1. The Morgan fingerprint density at radius 1 is 1.33 bits per heavy atom. The fourth-order valence-electron chi connectivity index (χ4n) is 2.30. The smallest absolute Gasteiger partial charge is 0.0829 e. The van der Waals surface area contributed by atoms with E-state index < -0.39 is 0 Å². The summed E-state index contributed by atoms with van der Waals surface area (Å²) in [5.74, 6) is 0. The summed E-state index contributed by atoms with van der Waals surface area (Å²) < 4.78 is 5.73. The van der Waals surface area contributed by atoms with Crippen molar-refractivity contribution in [3.63, 3.8) is 0 Å². The van der Waals surface area contributed by atoms with Crippen LogP contribution >= 0.6 is 0 Å². The Kier molecular flexibility index (Phi) is 3.61. The number of ether oxygens (including phenoxy) is 1. The van der Waals surface area contributed by atoms with Gasteiger partial charge in [0.15, 0.2) is 0 Å². The van der Waals surface area contributed by atoms with Gasteiger partial charge in [0, 0.05) is 38.8 Å². The van der Waals surface area contributed by atoms with Crippen LogP contribution < -0.4 is 0 Å². The number of hydrogen-bond donors (Lipinski definition) is 1. The maximum Gasteiger partial charge on any atom is 0.0829 e. The molecule has 0 bridgehead atoms. The van der Waals surface area contributed by atoms with E-state index in [2.05, 4.69) is 23.6 Å². The zero-order valence-electron chi connectivity index (χ0n) is 9.72. The average molecular weight is 214 g/mol. The van der Waals surface area contributed by atoms with Crippen molar-refractivity contribution in [3.05, 3.63) is 0 Å². The SMILES string of the molecule is CC(C)N1CCOC(CN2CC(O)C2)C1. The molecule has 2 rings (SSSR count). The molecule has 88 valence electrons. The van der Waals surface area contributed by atoms with E-state index in [9.17, 15) is 5.11 Å². The van der Waals surface area contributed by atoms with Gasteiger partial charge in [-0.25, -0.2) is 0 Å². The zero-order chi connectivity index (χ0) is 10.8. The highest BCUT2D eigenvalue weighted by molar-refractivity contribution is 4.83. The number of hydrogen-bond acceptors (Lipinski definition) is 4. The van der Waals surface area contributed by atoms with Crippen molar-refractivity contribution in [2.45, 2.75) is 32.1 Å². The average Bonchev–Trinajstić information content (AvgIpc) is 2.16. The van der Waals surface area contributed by atoms with E-state index in [4.69, 9.17) is 4.74 Å². The van der Waals surface area contributed by atoms with E-state index >= 15 is 0 Å². The van der Waals surface area contributed by atoms with Crippen LogP contribution in [0.2, 0.25) is 0 Å². The van der Waals surface area contributed by atoms with Gasteiger partial charge in [0.25, 0.3) is 0 Å². The van der Waals surface area contributed by atoms with Crippen LogP contribution in [0.1, 0.15) is 13.8 Å². The third-order valence-corrected chi connectivity index (χ3v) is 3.30. The first kappa shape index (κ1) is 11.3. The Labute approximate surface area is 91.8 Å². The Morgan fingerprint density at radius 2 is 2.07 bits per heavy atom. The van der Waals surface area contributed by atoms with E-state index in [1.807, 2.05) is 0 Å². The second-order valence-electron chi connectivity index (χ2n) is 4.95. The largest absolute Gasteiger partial charge is 0.390 e. The molecule has 4 nitrogen and oxygen atoms in total. The standard InChI is InChI=1S/C11H22N2O2/c1-9(2)13-3-4-15-11(8-13)7-12-5-10(14)6-12/h9-11,14H,3-8H2,1-2H3. The minimum absolute atomic E-state index is 0.102. The van der Waals surface area contributed by atoms with Crippen molar-refractivity contribution in [3.8, 4) is 0 Å². The number of rotatable bonds is 3. The first-order valence-electron chi connectivity index (χ1n) is 5.91. The summed E-state index contributed by atoms with van der Waals surface area (Å²) in [7, 11) is 0. The van der Waals surface area contributed by atoms with Gasteiger partial charge in [-0.3, -0.25) is 9.80 Å². The normalized spacial score (nSPS) is 30.8. The highest BCUT2D eigenvalue weighted by Crippen LogP contribution is 2.13. The minimum atomic E-state index is -0.102. The Bertz CT molecular complexity index is 205. The van der Waals surface area contributed by atoms with Crippen LogP contribution in [0.4, 0.5) is 0 Å². The van der Waals surface area contributed by atoms with Crippen LogP contribution in [0.15, 0.2) is 0 Å². The summed E-state index contributed by atoms with van der Waals surface area (Å²) in [5.41, 5.74) is 0. The Hall–Kier alpha value is -0.160. The second kappa shape index (κ2) is 4.78. The number of β-amino-alcohol motifs (C(OH)–C–C–N with tert-alkyl or cyclic N) is 1. The fourth-order valence-corrected chi connectivity index (χ4v) is 2.30. The third-order valence-electron chi connectivity index (χ3n) is 3.30. The van der Waals surface area contributed by atoms with Crippen molar-refractivity contribution in [1.82, 2.24) is 9.80 Å². The molecule has 0 saturated carbocycles. The summed E-state index contributed by atoms with van der Waals surface area (Å²) in [6.07, 6.45) is 0.225. The van der Waals surface area contributed by atoms with E-state index in [-0.39, 0.29) is 6.10 Å². The lowest BCUT2D eigenvalue weighted by Gasteiger charge is -2.41. The molecule has 15 heavy (non-hydrogen) atoms. The fraction of sp³-hybridized carbons (Fsp3) is 1.00. The zero-order valence-corrected chi connectivity index (χ0v) is 9.72. The molecule has 0 aliphatic carbocycles. The molecule has 0 spiro atoms. The van der Waals surface area contributed by atoms with Gasteiger partial charge in [-0.15, -0.1) is 0 Å². The van der Waals surface area contributed by atoms with Gasteiger partial charge in [-0.05, 0) is 13.8 Å². The van der Waals surface area contributed by atoms with E-state index in [0.717, 1.165) is 39.3 Å². The monoisotopic (exact) mass is 214 g/mol. The summed E-state index contributed by atoms with van der Waals surface area (Å²) >= 11 is 0. The van der Waals surface area contributed by atoms with Crippen molar-refractivity contribution < 1.29 is 9.84 Å². The van der Waals surface area contributed by atoms with E-state index in [1.165, 1.54) is 0 Å². The molecule has 1 atom stereocenters. The molecule has 1 N–H and O–H groups in total. The molecule has 2 heterocycles. The Morgan fingerprint density at radius 3 is 2.67 bits per heavy atom. The first-order chi connectivity index (χ1) is 7.15. The van der Waals surface area contributed by atoms with Gasteiger partial charge in [-0.1, -0.05) is 0 Å². The van der Waals surface area contributed by atoms with Crippen LogP contribution in [0.5, 0.6) is 0 Å². The molecule has 0 aromatic heterocycles. The van der Waals surface area contributed by atoms with E-state index in [1.54, 1.807) is 0 Å². The molecule has 0 aromatic rings. The van der Waals surface area contributed by atoms with Crippen molar-refractivity contribution in [2.24, 2.45) is 0 Å². The summed E-state index contributed by atoms with van der Waals surface area (Å²) in [6.45, 7) is 10.0. The predicted octanol–water partition coefficient (Wildman–Crippen LogP) is -0.228. The maximum atomic E-state index is 9.20.